The molecule has 6 rings (SSSR count). The predicted molar refractivity (Wildman–Crippen MR) is 102 cm³/mol. The Bertz CT molecular complexity index is 1280. The zero-order valence-electron chi connectivity index (χ0n) is 14.1. The zero-order chi connectivity index (χ0) is 17.1. The molecule has 0 N–H and O–H groups in total. The van der Waals surface area contributed by atoms with Crippen LogP contribution in [0, 0.1) is 11.8 Å². The lowest BCUT2D eigenvalue weighted by molar-refractivity contribution is 0.584. The number of aromatic nitrogens is 2. The normalized spacial score (nSPS) is 20.0. The zero-order valence-corrected chi connectivity index (χ0v) is 14.1. The van der Waals surface area contributed by atoms with Gasteiger partial charge in [0.25, 0.3) is 0 Å². The topological polar surface area (TPSA) is 38.9 Å². The molecule has 0 spiro atoms. The number of benzene rings is 3. The van der Waals surface area contributed by atoms with Crippen LogP contribution in [0.25, 0.3) is 45.8 Å². The van der Waals surface area contributed by atoms with Crippen molar-refractivity contribution in [2.24, 2.45) is 11.8 Å². The van der Waals surface area contributed by atoms with Gasteiger partial charge in [-0.25, -0.2) is 0 Å². The average molecular weight is 336 g/mol. The molecule has 3 heteroatoms. The van der Waals surface area contributed by atoms with Gasteiger partial charge in [0.2, 0.25) is 11.8 Å². The van der Waals surface area contributed by atoms with E-state index in [1.165, 1.54) is 22.2 Å². The second kappa shape index (κ2) is 5.15. The molecule has 1 aromatic heterocycles. The summed E-state index contributed by atoms with van der Waals surface area (Å²) in [7, 11) is 0. The van der Waals surface area contributed by atoms with Crippen LogP contribution in [0.3, 0.4) is 0 Å². The average Bonchev–Trinajstić information content (AvgIpc) is 3.27. The Morgan fingerprint density at radius 1 is 0.731 bits per heavy atom. The first kappa shape index (κ1) is 14.0. The molecule has 0 amide bonds. The summed E-state index contributed by atoms with van der Waals surface area (Å²) in [6, 6.07) is 20.8. The van der Waals surface area contributed by atoms with E-state index in [2.05, 4.69) is 58.7 Å². The molecule has 2 aliphatic carbocycles. The van der Waals surface area contributed by atoms with Crippen LogP contribution in [-0.2, 0) is 0 Å². The molecule has 0 aliphatic heterocycles. The summed E-state index contributed by atoms with van der Waals surface area (Å²) in [6.45, 7) is 0. The predicted octanol–water partition coefficient (Wildman–Crippen LogP) is 3.77. The van der Waals surface area contributed by atoms with E-state index >= 15 is 0 Å². The molecule has 0 bridgehead atoms. The number of rotatable bonds is 2. The Morgan fingerprint density at radius 2 is 1.46 bits per heavy atom. The fourth-order valence-electron chi connectivity index (χ4n) is 4.02. The lowest BCUT2D eigenvalue weighted by atomic mass is 10.0. The first-order chi connectivity index (χ1) is 12.9. The largest absolute Gasteiger partial charge is 0.416 e. The van der Waals surface area contributed by atoms with Gasteiger partial charge in [0.05, 0.1) is 0 Å². The molecule has 3 aromatic carbocycles. The second-order valence-electron chi connectivity index (χ2n) is 7.14. The van der Waals surface area contributed by atoms with Crippen molar-refractivity contribution < 1.29 is 4.42 Å². The van der Waals surface area contributed by atoms with E-state index in [1.807, 2.05) is 24.3 Å². The molecular formula is C23H16N2O. The van der Waals surface area contributed by atoms with Crippen LogP contribution in [0.4, 0.5) is 0 Å². The van der Waals surface area contributed by atoms with E-state index in [1.54, 1.807) is 0 Å². The number of fused-ring (bicyclic) bond motifs is 3. The van der Waals surface area contributed by atoms with Crippen LogP contribution in [-0.4, -0.2) is 10.2 Å². The van der Waals surface area contributed by atoms with Gasteiger partial charge in [-0.15, -0.1) is 10.2 Å². The highest BCUT2D eigenvalue weighted by Crippen LogP contribution is 2.42. The molecule has 1 heterocycles. The van der Waals surface area contributed by atoms with E-state index in [9.17, 15) is 0 Å². The summed E-state index contributed by atoms with van der Waals surface area (Å²) < 4.78 is 6.12. The van der Waals surface area contributed by atoms with Gasteiger partial charge >= 0.3 is 0 Å². The number of hydrogen-bond donors (Lipinski definition) is 0. The molecule has 4 aromatic rings. The third kappa shape index (κ3) is 2.07. The molecular weight excluding hydrogens is 320 g/mol. The van der Waals surface area contributed by atoms with Gasteiger partial charge in [-0.1, -0.05) is 60.7 Å². The van der Waals surface area contributed by atoms with Crippen molar-refractivity contribution in [3.05, 3.63) is 71.1 Å². The molecule has 1 fully saturated rings. The van der Waals surface area contributed by atoms with Crippen molar-refractivity contribution in [1.29, 1.82) is 0 Å². The smallest absolute Gasteiger partial charge is 0.248 e. The summed E-state index contributed by atoms with van der Waals surface area (Å²) in [4.78, 5) is 0. The first-order valence-corrected chi connectivity index (χ1v) is 9.01. The summed E-state index contributed by atoms with van der Waals surface area (Å²) in [5.74, 6) is 2.57. The minimum absolute atomic E-state index is 0.568. The standard InChI is InChI=1S/C23H16N2O/c1-2-8-18-14(5-1)6-3-9-19(18)22-24-25-23(26-22)20-10-4-7-15-11-16-12-17(16)13-21(15)20/h1-11,13,16-17H,12H2. The number of hydrogen-bond acceptors (Lipinski definition) is 3. The Morgan fingerprint density at radius 3 is 2.42 bits per heavy atom. The van der Waals surface area contributed by atoms with Crippen molar-refractivity contribution >= 4 is 22.9 Å². The Kier molecular flexibility index (Phi) is 2.78. The van der Waals surface area contributed by atoms with Gasteiger partial charge < -0.3 is 4.42 Å². The molecule has 124 valence electrons. The Labute approximate surface area is 150 Å². The summed E-state index contributed by atoms with van der Waals surface area (Å²) in [5.41, 5.74) is 2.01. The van der Waals surface area contributed by atoms with Gasteiger partial charge in [-0.3, -0.25) is 0 Å². The molecule has 2 unspecified atom stereocenters. The second-order valence-corrected chi connectivity index (χ2v) is 7.14. The Balaban J connectivity index is 1.53. The maximum atomic E-state index is 6.12. The SMILES string of the molecule is C1=c2cccc(-c3nnc(-c4cccc5ccccc45)o3)c2=CC2CC12. The van der Waals surface area contributed by atoms with Crippen LogP contribution in [0.5, 0.6) is 0 Å². The van der Waals surface area contributed by atoms with Crippen LogP contribution in [0.1, 0.15) is 6.42 Å². The van der Waals surface area contributed by atoms with Crippen molar-refractivity contribution in [1.82, 2.24) is 10.2 Å². The molecule has 26 heavy (non-hydrogen) atoms. The monoisotopic (exact) mass is 336 g/mol. The van der Waals surface area contributed by atoms with Crippen LogP contribution in [0.2, 0.25) is 0 Å². The number of nitrogens with zero attached hydrogens (tertiary/aromatic N) is 2. The fraction of sp³-hybridized carbons (Fsp3) is 0.130. The van der Waals surface area contributed by atoms with Crippen molar-refractivity contribution in [2.45, 2.75) is 6.42 Å². The fourth-order valence-corrected chi connectivity index (χ4v) is 4.02. The van der Waals surface area contributed by atoms with Crippen LogP contribution < -0.4 is 10.4 Å². The highest BCUT2D eigenvalue weighted by Gasteiger charge is 2.34. The minimum atomic E-state index is 0.568. The van der Waals surface area contributed by atoms with Crippen molar-refractivity contribution in [3.8, 4) is 22.9 Å². The molecule has 1 saturated carbocycles. The minimum Gasteiger partial charge on any atom is -0.416 e. The highest BCUT2D eigenvalue weighted by molar-refractivity contribution is 5.94. The van der Waals surface area contributed by atoms with Gasteiger partial charge in [-0.2, -0.15) is 0 Å². The summed E-state index contributed by atoms with van der Waals surface area (Å²) in [6.07, 6.45) is 6.02. The van der Waals surface area contributed by atoms with Crippen LogP contribution in [0.15, 0.2) is 65.1 Å². The quantitative estimate of drug-likeness (QED) is 0.559. The van der Waals surface area contributed by atoms with E-state index in [0.717, 1.165) is 22.4 Å². The van der Waals surface area contributed by atoms with E-state index in [4.69, 9.17) is 4.42 Å². The molecule has 0 radical (unpaired) electrons. The van der Waals surface area contributed by atoms with E-state index in [-0.39, 0.29) is 0 Å². The highest BCUT2D eigenvalue weighted by atomic mass is 16.4. The lowest BCUT2D eigenvalue weighted by Crippen LogP contribution is -2.29. The maximum absolute atomic E-state index is 6.12. The summed E-state index contributed by atoms with van der Waals surface area (Å²) in [5, 5.41) is 13.5. The molecule has 2 atom stereocenters. The molecule has 3 nitrogen and oxygen atoms in total. The van der Waals surface area contributed by atoms with Gasteiger partial charge in [0.15, 0.2) is 0 Å². The van der Waals surface area contributed by atoms with Crippen molar-refractivity contribution in [2.75, 3.05) is 0 Å². The van der Waals surface area contributed by atoms with E-state index in [0.29, 0.717) is 17.7 Å². The van der Waals surface area contributed by atoms with Gasteiger partial charge in [-0.05, 0) is 51.6 Å². The first-order valence-electron chi connectivity index (χ1n) is 9.01. The van der Waals surface area contributed by atoms with Crippen molar-refractivity contribution in [3.63, 3.8) is 0 Å². The lowest BCUT2D eigenvalue weighted by Gasteiger charge is -2.03. The third-order valence-corrected chi connectivity index (χ3v) is 5.48. The van der Waals surface area contributed by atoms with Crippen LogP contribution >= 0.6 is 0 Å². The Hall–Kier alpha value is -3.20. The van der Waals surface area contributed by atoms with E-state index < -0.39 is 0 Å². The third-order valence-electron chi connectivity index (χ3n) is 5.48. The summed E-state index contributed by atoms with van der Waals surface area (Å²) >= 11 is 0. The molecule has 2 aliphatic rings. The maximum Gasteiger partial charge on any atom is 0.248 e. The van der Waals surface area contributed by atoms with Gasteiger partial charge in [0, 0.05) is 11.1 Å². The van der Waals surface area contributed by atoms with Gasteiger partial charge in [0.1, 0.15) is 0 Å². The molecule has 0 saturated heterocycles.